The molecule has 0 aliphatic carbocycles. The number of benzene rings is 2. The van der Waals surface area contributed by atoms with Crippen molar-refractivity contribution in [3.63, 3.8) is 0 Å². The van der Waals surface area contributed by atoms with Gasteiger partial charge in [0.25, 0.3) is 11.8 Å². The van der Waals surface area contributed by atoms with Crippen LogP contribution in [0, 0.1) is 5.92 Å². The van der Waals surface area contributed by atoms with E-state index in [0.717, 1.165) is 4.90 Å². The van der Waals surface area contributed by atoms with Gasteiger partial charge in [-0.3, -0.25) is 24.1 Å². The number of aliphatic carboxylic acids is 1. The molecule has 2 amide bonds. The topological polar surface area (TPSA) is 101 Å². The number of allylic oxidation sites excluding steroid dienone is 1. The van der Waals surface area contributed by atoms with Gasteiger partial charge >= 0.3 is 5.97 Å². The summed E-state index contributed by atoms with van der Waals surface area (Å²) < 4.78 is 5.60. The Morgan fingerprint density at radius 3 is 2.19 bits per heavy atom. The van der Waals surface area contributed by atoms with Crippen LogP contribution in [0.1, 0.15) is 39.6 Å². The first-order chi connectivity index (χ1) is 14.8. The second-order valence-electron chi connectivity index (χ2n) is 6.85. The Hall–Kier alpha value is -3.45. The van der Waals surface area contributed by atoms with E-state index in [1.54, 1.807) is 55.5 Å². The number of hydrogen-bond donors (Lipinski definition) is 1. The Balaban J connectivity index is 1.79. The molecule has 1 aliphatic heterocycles. The molecule has 1 heterocycles. The fourth-order valence-electron chi connectivity index (χ4n) is 3.25. The molecule has 0 aromatic heterocycles. The molecule has 1 unspecified atom stereocenters. The number of amides is 2. The van der Waals surface area contributed by atoms with E-state index >= 15 is 0 Å². The number of fused-ring (bicyclic) bond motifs is 1. The smallest absolute Gasteiger partial charge is 0.314 e. The van der Waals surface area contributed by atoms with Crippen LogP contribution in [0.5, 0.6) is 0 Å². The van der Waals surface area contributed by atoms with Gasteiger partial charge in [-0.25, -0.2) is 0 Å². The number of ether oxygens (including phenoxy) is 1. The van der Waals surface area contributed by atoms with Crippen LogP contribution in [-0.4, -0.2) is 46.7 Å². The molecule has 0 bridgehead atoms. The van der Waals surface area contributed by atoms with E-state index in [1.165, 1.54) is 6.08 Å². The monoisotopic (exact) mass is 441 g/mol. The van der Waals surface area contributed by atoms with Crippen molar-refractivity contribution in [1.29, 1.82) is 0 Å². The third-order valence-corrected chi connectivity index (χ3v) is 5.25. The minimum Gasteiger partial charge on any atom is -0.488 e. The molecule has 1 N–H and O–H groups in total. The lowest BCUT2D eigenvalue weighted by Gasteiger charge is -2.17. The van der Waals surface area contributed by atoms with E-state index in [1.807, 2.05) is 0 Å². The summed E-state index contributed by atoms with van der Waals surface area (Å²) in [5.74, 6) is -4.33. The van der Waals surface area contributed by atoms with Gasteiger partial charge in [0, 0.05) is 5.02 Å². The zero-order valence-corrected chi connectivity index (χ0v) is 17.5. The third-order valence-electron chi connectivity index (χ3n) is 4.91. The number of ketones is 1. The molecule has 0 saturated heterocycles. The summed E-state index contributed by atoms with van der Waals surface area (Å²) in [6.45, 7) is 1.31. The maximum absolute atomic E-state index is 12.8. The Morgan fingerprint density at radius 1 is 1.06 bits per heavy atom. The zero-order valence-electron chi connectivity index (χ0n) is 16.7. The predicted molar refractivity (Wildman–Crippen MR) is 114 cm³/mol. The number of rotatable bonds is 9. The highest BCUT2D eigenvalue weighted by Crippen LogP contribution is 2.24. The van der Waals surface area contributed by atoms with Gasteiger partial charge in [0.1, 0.15) is 12.5 Å². The highest BCUT2D eigenvalue weighted by atomic mass is 35.5. The van der Waals surface area contributed by atoms with Crippen molar-refractivity contribution in [3.05, 3.63) is 76.0 Å². The second-order valence-corrected chi connectivity index (χ2v) is 7.26. The number of carboxylic acid groups (broad SMARTS) is 1. The molecule has 0 saturated carbocycles. The molecule has 7 nitrogen and oxygen atoms in total. The van der Waals surface area contributed by atoms with Crippen LogP contribution in [0.3, 0.4) is 0 Å². The lowest BCUT2D eigenvalue weighted by atomic mass is 9.99. The van der Waals surface area contributed by atoms with Crippen LogP contribution < -0.4 is 0 Å². The van der Waals surface area contributed by atoms with E-state index in [-0.39, 0.29) is 25.3 Å². The molecular weight excluding hydrogens is 422 g/mol. The quantitative estimate of drug-likeness (QED) is 0.276. The van der Waals surface area contributed by atoms with Crippen LogP contribution in [0.25, 0.3) is 6.08 Å². The minimum absolute atomic E-state index is 0.0792. The van der Waals surface area contributed by atoms with Gasteiger partial charge in [-0.15, -0.1) is 0 Å². The van der Waals surface area contributed by atoms with Gasteiger partial charge in [0.2, 0.25) is 5.78 Å². The molecule has 8 heteroatoms. The van der Waals surface area contributed by atoms with Crippen LogP contribution in [-0.2, 0) is 14.3 Å². The predicted octanol–water partition coefficient (Wildman–Crippen LogP) is 3.67. The van der Waals surface area contributed by atoms with E-state index in [9.17, 15) is 24.3 Å². The zero-order chi connectivity index (χ0) is 22.5. The number of carbonyl (C=O) groups is 4. The van der Waals surface area contributed by atoms with Gasteiger partial charge in [-0.05, 0) is 36.3 Å². The Bertz CT molecular complexity index is 1040. The normalized spacial score (nSPS) is 14.4. The van der Waals surface area contributed by atoms with Crippen LogP contribution >= 0.6 is 11.6 Å². The third kappa shape index (κ3) is 4.67. The standard InChI is InChI=1S/C23H20ClNO6/c1-2-15(23(29)30)20(26)19(13-14-7-3-6-10-18(14)24)31-12-11-25-21(27)16-8-4-5-9-17(16)22(25)28/h3-10,13,15H,2,11-12H2,1H3,(H,29,30). The molecule has 0 fully saturated rings. The van der Waals surface area contributed by atoms with Crippen molar-refractivity contribution < 1.29 is 29.0 Å². The van der Waals surface area contributed by atoms with Crippen LogP contribution in [0.15, 0.2) is 54.3 Å². The number of imide groups is 1. The minimum atomic E-state index is -1.28. The van der Waals surface area contributed by atoms with Gasteiger partial charge in [0.15, 0.2) is 5.76 Å². The van der Waals surface area contributed by atoms with Gasteiger partial charge in [0.05, 0.1) is 17.7 Å². The number of carboxylic acids is 1. The van der Waals surface area contributed by atoms with Crippen molar-refractivity contribution in [3.8, 4) is 0 Å². The van der Waals surface area contributed by atoms with Crippen molar-refractivity contribution in [1.82, 2.24) is 4.90 Å². The Morgan fingerprint density at radius 2 is 1.65 bits per heavy atom. The molecule has 0 radical (unpaired) electrons. The SMILES string of the molecule is CCC(C(=O)O)C(=O)C(=Cc1ccccc1Cl)OCCN1C(=O)c2ccccc2C1=O. The Kier molecular flexibility index (Phi) is 6.87. The summed E-state index contributed by atoms with van der Waals surface area (Å²) in [6.07, 6.45) is 1.45. The first kappa shape index (κ1) is 22.2. The van der Waals surface area contributed by atoms with E-state index in [4.69, 9.17) is 16.3 Å². The van der Waals surface area contributed by atoms with Crippen molar-refractivity contribution in [2.24, 2.45) is 5.92 Å². The number of nitrogens with zero attached hydrogens (tertiary/aromatic N) is 1. The van der Waals surface area contributed by atoms with Gasteiger partial charge < -0.3 is 9.84 Å². The fraction of sp³-hybridized carbons (Fsp3) is 0.217. The maximum Gasteiger partial charge on any atom is 0.314 e. The summed E-state index contributed by atoms with van der Waals surface area (Å²) in [4.78, 5) is 50.2. The number of Topliss-reactive ketones (excluding diaryl/α,β-unsaturated/α-hetero) is 1. The van der Waals surface area contributed by atoms with Crippen LogP contribution in [0.4, 0.5) is 0 Å². The average Bonchev–Trinajstić information content (AvgIpc) is 2.99. The summed E-state index contributed by atoms with van der Waals surface area (Å²) in [5.41, 5.74) is 1.10. The van der Waals surface area contributed by atoms with Crippen LogP contribution in [0.2, 0.25) is 5.02 Å². The largest absolute Gasteiger partial charge is 0.488 e. The van der Waals surface area contributed by atoms with Crippen molar-refractivity contribution in [2.45, 2.75) is 13.3 Å². The van der Waals surface area contributed by atoms with Gasteiger partial charge in [-0.2, -0.15) is 0 Å². The number of carbonyl (C=O) groups excluding carboxylic acids is 3. The van der Waals surface area contributed by atoms with Crippen molar-refractivity contribution >= 4 is 41.2 Å². The first-order valence-electron chi connectivity index (χ1n) is 9.66. The molecule has 160 valence electrons. The maximum atomic E-state index is 12.8. The molecule has 1 atom stereocenters. The molecule has 2 aromatic carbocycles. The van der Waals surface area contributed by atoms with Gasteiger partial charge in [-0.1, -0.05) is 48.9 Å². The van der Waals surface area contributed by atoms with E-state index < -0.39 is 29.5 Å². The lowest BCUT2D eigenvalue weighted by molar-refractivity contribution is -0.146. The average molecular weight is 442 g/mol. The highest BCUT2D eigenvalue weighted by Gasteiger charge is 2.35. The lowest BCUT2D eigenvalue weighted by Crippen LogP contribution is -2.33. The van der Waals surface area contributed by atoms with Crippen molar-refractivity contribution in [2.75, 3.05) is 13.2 Å². The fourth-order valence-corrected chi connectivity index (χ4v) is 3.44. The highest BCUT2D eigenvalue weighted by molar-refractivity contribution is 6.32. The summed E-state index contributed by atoms with van der Waals surface area (Å²) in [7, 11) is 0. The summed E-state index contributed by atoms with van der Waals surface area (Å²) in [6, 6.07) is 13.2. The molecule has 2 aromatic rings. The molecular formula is C23H20ClNO6. The molecule has 0 spiro atoms. The molecule has 1 aliphatic rings. The number of halogens is 1. The summed E-state index contributed by atoms with van der Waals surface area (Å²) in [5, 5.41) is 9.71. The first-order valence-corrected chi connectivity index (χ1v) is 10.0. The number of hydrogen-bond acceptors (Lipinski definition) is 5. The summed E-state index contributed by atoms with van der Waals surface area (Å²) >= 11 is 6.15. The second kappa shape index (κ2) is 9.57. The van der Waals surface area contributed by atoms with E-state index in [2.05, 4.69) is 0 Å². The van der Waals surface area contributed by atoms with E-state index in [0.29, 0.717) is 21.7 Å². The molecule has 31 heavy (non-hydrogen) atoms. The molecule has 3 rings (SSSR count). The Labute approximate surface area is 183 Å².